The number of nitrogens with two attached hydrogens (primary N) is 1. The second-order valence-corrected chi connectivity index (χ2v) is 6.93. The summed E-state index contributed by atoms with van der Waals surface area (Å²) in [4.78, 5) is 14.9. The summed E-state index contributed by atoms with van der Waals surface area (Å²) < 4.78 is 0. The molecule has 0 radical (unpaired) electrons. The van der Waals surface area contributed by atoms with Crippen molar-refractivity contribution in [3.8, 4) is 0 Å². The molecule has 1 amide bonds. The van der Waals surface area contributed by atoms with Crippen molar-refractivity contribution in [3.63, 3.8) is 0 Å². The second-order valence-electron chi connectivity index (χ2n) is 6.93. The molecule has 1 aliphatic rings. The Morgan fingerprint density at radius 1 is 1.25 bits per heavy atom. The van der Waals surface area contributed by atoms with Gasteiger partial charge in [0.2, 0.25) is 5.91 Å². The molecule has 6 heteroatoms. The molecule has 2 unspecified atom stereocenters. The van der Waals surface area contributed by atoms with Crippen LogP contribution in [-0.4, -0.2) is 35.5 Å². The van der Waals surface area contributed by atoms with E-state index in [1.54, 1.807) is 0 Å². The van der Waals surface area contributed by atoms with Gasteiger partial charge in [0.15, 0.2) is 0 Å². The number of nitrogens with zero attached hydrogens (tertiary/aromatic N) is 1. The number of carbonyl (C=O) groups excluding carboxylic acids is 1. The van der Waals surface area contributed by atoms with Crippen molar-refractivity contribution in [2.75, 3.05) is 13.1 Å². The third-order valence-corrected chi connectivity index (χ3v) is 5.19. The lowest BCUT2D eigenvalue weighted by Gasteiger charge is -2.38. The van der Waals surface area contributed by atoms with E-state index in [4.69, 9.17) is 5.73 Å². The van der Waals surface area contributed by atoms with Crippen molar-refractivity contribution in [1.82, 2.24) is 10.2 Å². The molecular formula is C18H31Cl2N3O. The van der Waals surface area contributed by atoms with Gasteiger partial charge in [-0.3, -0.25) is 9.69 Å². The van der Waals surface area contributed by atoms with Gasteiger partial charge in [-0.1, -0.05) is 38.1 Å². The van der Waals surface area contributed by atoms with Crippen LogP contribution >= 0.6 is 24.8 Å². The van der Waals surface area contributed by atoms with Crippen molar-refractivity contribution in [1.29, 1.82) is 0 Å². The maximum Gasteiger partial charge on any atom is 0.237 e. The van der Waals surface area contributed by atoms with Crippen LogP contribution in [0.3, 0.4) is 0 Å². The predicted molar refractivity (Wildman–Crippen MR) is 105 cm³/mol. The van der Waals surface area contributed by atoms with E-state index < -0.39 is 0 Å². The van der Waals surface area contributed by atoms with Gasteiger partial charge in [0.1, 0.15) is 0 Å². The van der Waals surface area contributed by atoms with Gasteiger partial charge in [-0.05, 0) is 37.3 Å². The molecule has 0 fully saturated rings. The maximum absolute atomic E-state index is 12.6. The second kappa shape index (κ2) is 9.62. The first-order valence-electron chi connectivity index (χ1n) is 8.20. The topological polar surface area (TPSA) is 58.4 Å². The fourth-order valence-corrected chi connectivity index (χ4v) is 2.83. The van der Waals surface area contributed by atoms with Crippen LogP contribution in [0.5, 0.6) is 0 Å². The van der Waals surface area contributed by atoms with Crippen LogP contribution < -0.4 is 11.1 Å². The number of fused-ring (bicyclic) bond motifs is 1. The highest BCUT2D eigenvalue weighted by Crippen LogP contribution is 2.21. The normalized spacial score (nSPS) is 17.8. The first-order valence-corrected chi connectivity index (χ1v) is 8.20. The van der Waals surface area contributed by atoms with Crippen molar-refractivity contribution in [2.45, 2.75) is 52.2 Å². The zero-order valence-electron chi connectivity index (χ0n) is 15.0. The molecule has 138 valence electrons. The van der Waals surface area contributed by atoms with Crippen LogP contribution in [0.1, 0.15) is 38.8 Å². The Morgan fingerprint density at radius 3 is 2.38 bits per heavy atom. The smallest absolute Gasteiger partial charge is 0.237 e. The van der Waals surface area contributed by atoms with Crippen molar-refractivity contribution in [3.05, 3.63) is 35.4 Å². The number of hydrogen-bond acceptors (Lipinski definition) is 3. The van der Waals surface area contributed by atoms with E-state index >= 15 is 0 Å². The van der Waals surface area contributed by atoms with Crippen LogP contribution in [0.2, 0.25) is 0 Å². The highest BCUT2D eigenvalue weighted by Gasteiger charge is 2.32. The Bertz CT molecular complexity index is 539. The largest absolute Gasteiger partial charge is 0.348 e. The monoisotopic (exact) mass is 375 g/mol. The summed E-state index contributed by atoms with van der Waals surface area (Å²) in [6.07, 6.45) is 1.01. The van der Waals surface area contributed by atoms with Gasteiger partial charge in [0.05, 0.1) is 11.6 Å². The van der Waals surface area contributed by atoms with E-state index in [2.05, 4.69) is 48.3 Å². The summed E-state index contributed by atoms with van der Waals surface area (Å²) in [7, 11) is 0. The molecule has 1 heterocycles. The van der Waals surface area contributed by atoms with Crippen molar-refractivity contribution < 1.29 is 4.79 Å². The van der Waals surface area contributed by atoms with Gasteiger partial charge in [-0.25, -0.2) is 0 Å². The number of amides is 1. The molecule has 1 aromatic carbocycles. The minimum absolute atomic E-state index is 0. The Labute approximate surface area is 158 Å². The Kier molecular flexibility index (Phi) is 9.29. The van der Waals surface area contributed by atoms with E-state index in [1.165, 1.54) is 11.1 Å². The molecule has 0 saturated carbocycles. The average molecular weight is 376 g/mol. The molecule has 2 rings (SSSR count). The van der Waals surface area contributed by atoms with Gasteiger partial charge in [-0.2, -0.15) is 0 Å². The van der Waals surface area contributed by atoms with Gasteiger partial charge >= 0.3 is 0 Å². The zero-order valence-corrected chi connectivity index (χ0v) is 16.7. The van der Waals surface area contributed by atoms with E-state index in [9.17, 15) is 4.79 Å². The number of nitrogens with one attached hydrogen (secondary N) is 1. The standard InChI is InChI=1S/C18H29N3O.2ClH/c1-13(2)18(4,12-19)20-17(22)14(3)21-10-9-15-7-5-6-8-16(15)11-21;;/h5-8,13-14H,9-12,19H2,1-4H3,(H,20,22);2*1H. The molecule has 4 nitrogen and oxygen atoms in total. The fourth-order valence-electron chi connectivity index (χ4n) is 2.83. The lowest BCUT2D eigenvalue weighted by atomic mass is 9.88. The van der Waals surface area contributed by atoms with E-state index in [0.29, 0.717) is 12.5 Å². The van der Waals surface area contributed by atoms with E-state index in [0.717, 1.165) is 19.5 Å². The molecule has 0 aromatic heterocycles. The molecule has 0 saturated heterocycles. The first-order chi connectivity index (χ1) is 10.4. The zero-order chi connectivity index (χ0) is 16.3. The summed E-state index contributed by atoms with van der Waals surface area (Å²) in [5.41, 5.74) is 8.26. The molecule has 24 heavy (non-hydrogen) atoms. The third-order valence-electron chi connectivity index (χ3n) is 5.19. The Hall–Kier alpha value is -0.810. The van der Waals surface area contributed by atoms with Crippen LogP contribution in [-0.2, 0) is 17.8 Å². The van der Waals surface area contributed by atoms with Gasteiger partial charge in [0, 0.05) is 19.6 Å². The van der Waals surface area contributed by atoms with Gasteiger partial charge < -0.3 is 11.1 Å². The number of benzene rings is 1. The SMILES string of the molecule is CC(C(=O)NC(C)(CN)C(C)C)N1CCc2ccccc2C1.Cl.Cl. The lowest BCUT2D eigenvalue weighted by molar-refractivity contribution is -0.128. The summed E-state index contributed by atoms with van der Waals surface area (Å²) in [6, 6.07) is 8.35. The number of halogens is 2. The number of carbonyl (C=O) groups is 1. The third kappa shape index (κ3) is 5.09. The molecule has 2 atom stereocenters. The van der Waals surface area contributed by atoms with Gasteiger partial charge in [-0.15, -0.1) is 24.8 Å². The molecule has 0 bridgehead atoms. The van der Waals surface area contributed by atoms with E-state index in [1.807, 2.05) is 13.8 Å². The summed E-state index contributed by atoms with van der Waals surface area (Å²) in [6.45, 7) is 10.4. The van der Waals surface area contributed by atoms with Crippen LogP contribution in [0.25, 0.3) is 0 Å². The van der Waals surface area contributed by atoms with Crippen LogP contribution in [0, 0.1) is 5.92 Å². The summed E-state index contributed by atoms with van der Waals surface area (Å²) in [5, 5.41) is 3.16. The Morgan fingerprint density at radius 2 is 1.83 bits per heavy atom. The summed E-state index contributed by atoms with van der Waals surface area (Å²) >= 11 is 0. The molecule has 0 spiro atoms. The fraction of sp³-hybridized carbons (Fsp3) is 0.611. The van der Waals surface area contributed by atoms with Crippen LogP contribution in [0.4, 0.5) is 0 Å². The number of hydrogen-bond donors (Lipinski definition) is 2. The first kappa shape index (κ1) is 23.2. The average Bonchev–Trinajstić information content (AvgIpc) is 2.53. The molecular weight excluding hydrogens is 345 g/mol. The maximum atomic E-state index is 12.6. The Balaban J connectivity index is 0.00000264. The molecule has 1 aliphatic heterocycles. The van der Waals surface area contributed by atoms with Crippen LogP contribution in [0.15, 0.2) is 24.3 Å². The molecule has 3 N–H and O–H groups in total. The minimum atomic E-state index is -0.348. The van der Waals surface area contributed by atoms with Gasteiger partial charge in [0.25, 0.3) is 0 Å². The highest BCUT2D eigenvalue weighted by molar-refractivity contribution is 5.85. The lowest BCUT2D eigenvalue weighted by Crippen LogP contribution is -2.59. The highest BCUT2D eigenvalue weighted by atomic mass is 35.5. The minimum Gasteiger partial charge on any atom is -0.348 e. The number of rotatable bonds is 5. The van der Waals surface area contributed by atoms with Crippen molar-refractivity contribution >= 4 is 30.7 Å². The predicted octanol–water partition coefficient (Wildman–Crippen LogP) is 2.77. The quantitative estimate of drug-likeness (QED) is 0.831. The molecule has 1 aromatic rings. The van der Waals surface area contributed by atoms with E-state index in [-0.39, 0.29) is 42.3 Å². The summed E-state index contributed by atoms with van der Waals surface area (Å²) in [5.74, 6) is 0.372. The van der Waals surface area contributed by atoms with Crippen molar-refractivity contribution in [2.24, 2.45) is 11.7 Å². The molecule has 0 aliphatic carbocycles.